The number of aromatic amines is 1. The van der Waals surface area contributed by atoms with E-state index in [2.05, 4.69) is 22.3 Å². The summed E-state index contributed by atoms with van der Waals surface area (Å²) < 4.78 is 19.4. The molecule has 5 heteroatoms. The molecule has 1 atom stereocenters. The summed E-state index contributed by atoms with van der Waals surface area (Å²) in [5, 5.41) is 6.79. The first kappa shape index (κ1) is 11.1. The number of aromatic nitrogens is 2. The van der Waals surface area contributed by atoms with Gasteiger partial charge in [0.1, 0.15) is 11.6 Å². The number of nitrogen functional groups attached to an aromatic ring is 1. The Balaban J connectivity index is 1.82. The summed E-state index contributed by atoms with van der Waals surface area (Å²) in [5.41, 5.74) is 6.13. The van der Waals surface area contributed by atoms with E-state index >= 15 is 0 Å². The van der Waals surface area contributed by atoms with Gasteiger partial charge in [-0.3, -0.25) is 5.10 Å². The van der Waals surface area contributed by atoms with Gasteiger partial charge in [0.2, 0.25) is 0 Å². The minimum atomic E-state index is -0.407. The molecule has 1 heterocycles. The average molecular weight is 247 g/mol. The second-order valence-corrected chi connectivity index (χ2v) is 4.51. The molecule has 0 saturated carbocycles. The highest BCUT2D eigenvalue weighted by Gasteiger charge is 2.13. The third-order valence-corrected chi connectivity index (χ3v) is 3.19. The molecule has 1 aromatic heterocycles. The Morgan fingerprint density at radius 2 is 2.39 bits per heavy atom. The minimum absolute atomic E-state index is 0.174. The molecule has 0 radical (unpaired) electrons. The predicted molar refractivity (Wildman–Crippen MR) is 67.8 cm³/mol. The van der Waals surface area contributed by atoms with Crippen LogP contribution in [0.4, 0.5) is 10.2 Å². The first-order valence-electron chi connectivity index (χ1n) is 5.96. The minimum Gasteiger partial charge on any atom is -0.493 e. The summed E-state index contributed by atoms with van der Waals surface area (Å²) in [4.78, 5) is 0. The van der Waals surface area contributed by atoms with Gasteiger partial charge in [0.05, 0.1) is 17.5 Å². The molecule has 1 aliphatic rings. The van der Waals surface area contributed by atoms with Crippen molar-refractivity contribution in [3.05, 3.63) is 30.1 Å². The Labute approximate surface area is 104 Å². The quantitative estimate of drug-likeness (QED) is 0.819. The predicted octanol–water partition coefficient (Wildman–Crippen LogP) is 2.63. The maximum atomic E-state index is 13.8. The molecular formula is C13H14FN3O. The van der Waals surface area contributed by atoms with Gasteiger partial charge in [-0.1, -0.05) is 12.2 Å². The third kappa shape index (κ3) is 1.92. The van der Waals surface area contributed by atoms with E-state index in [9.17, 15) is 4.39 Å². The number of nitrogens with one attached hydrogen (secondary N) is 1. The zero-order valence-corrected chi connectivity index (χ0v) is 9.82. The highest BCUT2D eigenvalue weighted by atomic mass is 19.1. The molecule has 0 spiro atoms. The molecule has 4 nitrogen and oxygen atoms in total. The lowest BCUT2D eigenvalue weighted by molar-refractivity contribution is 0.273. The van der Waals surface area contributed by atoms with Crippen LogP contribution in [0.1, 0.15) is 12.8 Å². The van der Waals surface area contributed by atoms with Crippen molar-refractivity contribution in [1.82, 2.24) is 10.2 Å². The van der Waals surface area contributed by atoms with E-state index in [1.165, 1.54) is 6.07 Å². The van der Waals surface area contributed by atoms with Crippen molar-refractivity contribution in [3.8, 4) is 5.75 Å². The normalized spacial score (nSPS) is 18.6. The number of fused-ring (bicyclic) bond motifs is 1. The van der Waals surface area contributed by atoms with Crippen LogP contribution in [0.25, 0.3) is 10.9 Å². The molecule has 18 heavy (non-hydrogen) atoms. The maximum Gasteiger partial charge on any atom is 0.156 e. The van der Waals surface area contributed by atoms with Crippen LogP contribution in [0.15, 0.2) is 24.3 Å². The van der Waals surface area contributed by atoms with Crippen molar-refractivity contribution >= 4 is 16.7 Å². The fourth-order valence-corrected chi connectivity index (χ4v) is 2.23. The van der Waals surface area contributed by atoms with E-state index in [4.69, 9.17) is 10.5 Å². The SMILES string of the molecule is Nc1n[nH]c2cc(OCC3C=CCC3)cc(F)c12. The van der Waals surface area contributed by atoms with E-state index in [-0.39, 0.29) is 5.82 Å². The van der Waals surface area contributed by atoms with Gasteiger partial charge in [0.15, 0.2) is 5.82 Å². The summed E-state index contributed by atoms with van der Waals surface area (Å²) in [6.45, 7) is 0.574. The van der Waals surface area contributed by atoms with Crippen molar-refractivity contribution in [2.24, 2.45) is 5.92 Å². The Morgan fingerprint density at radius 1 is 1.50 bits per heavy atom. The lowest BCUT2D eigenvalue weighted by Crippen LogP contribution is -2.07. The van der Waals surface area contributed by atoms with Crippen LogP contribution in [0.2, 0.25) is 0 Å². The topological polar surface area (TPSA) is 63.9 Å². The molecule has 1 aliphatic carbocycles. The van der Waals surface area contributed by atoms with Crippen LogP contribution in [0.3, 0.4) is 0 Å². The molecular weight excluding hydrogens is 233 g/mol. The molecule has 2 aromatic rings. The van der Waals surface area contributed by atoms with Crippen LogP contribution >= 0.6 is 0 Å². The zero-order valence-electron chi connectivity index (χ0n) is 9.82. The first-order valence-corrected chi connectivity index (χ1v) is 5.96. The first-order chi connectivity index (χ1) is 8.74. The second-order valence-electron chi connectivity index (χ2n) is 4.51. The van der Waals surface area contributed by atoms with Crippen LogP contribution < -0.4 is 10.5 Å². The molecule has 1 unspecified atom stereocenters. The second kappa shape index (κ2) is 4.33. The largest absolute Gasteiger partial charge is 0.493 e. The average Bonchev–Trinajstić information content (AvgIpc) is 2.97. The smallest absolute Gasteiger partial charge is 0.156 e. The number of halogens is 1. The van der Waals surface area contributed by atoms with Gasteiger partial charge in [-0.25, -0.2) is 4.39 Å². The van der Waals surface area contributed by atoms with Gasteiger partial charge in [0.25, 0.3) is 0 Å². The maximum absolute atomic E-state index is 13.8. The highest BCUT2D eigenvalue weighted by Crippen LogP contribution is 2.27. The third-order valence-electron chi connectivity index (χ3n) is 3.19. The van der Waals surface area contributed by atoms with Gasteiger partial charge >= 0.3 is 0 Å². The number of rotatable bonds is 3. The van der Waals surface area contributed by atoms with Crippen LogP contribution in [0, 0.1) is 11.7 Å². The summed E-state index contributed by atoms with van der Waals surface area (Å²) >= 11 is 0. The monoisotopic (exact) mass is 247 g/mol. The molecule has 0 amide bonds. The number of nitrogens with two attached hydrogens (primary N) is 1. The zero-order chi connectivity index (χ0) is 12.5. The Morgan fingerprint density at radius 3 is 3.17 bits per heavy atom. The number of hydrogen-bond acceptors (Lipinski definition) is 3. The summed E-state index contributed by atoms with van der Waals surface area (Å²) in [5.74, 6) is 0.697. The summed E-state index contributed by atoms with van der Waals surface area (Å²) in [6, 6.07) is 3.08. The molecule has 1 aromatic carbocycles. The van der Waals surface area contributed by atoms with Crippen LogP contribution in [0.5, 0.6) is 5.75 Å². The van der Waals surface area contributed by atoms with E-state index < -0.39 is 5.82 Å². The van der Waals surface area contributed by atoms with Gasteiger partial charge in [-0.15, -0.1) is 0 Å². The number of anilines is 1. The summed E-state index contributed by atoms with van der Waals surface area (Å²) in [7, 11) is 0. The van der Waals surface area contributed by atoms with E-state index in [0.29, 0.717) is 29.2 Å². The fraction of sp³-hybridized carbons (Fsp3) is 0.308. The molecule has 3 N–H and O–H groups in total. The van der Waals surface area contributed by atoms with Crippen molar-refractivity contribution in [2.75, 3.05) is 12.3 Å². The lowest BCUT2D eigenvalue weighted by Gasteiger charge is -2.10. The Kier molecular flexibility index (Phi) is 2.66. The van der Waals surface area contributed by atoms with Gasteiger partial charge < -0.3 is 10.5 Å². The number of ether oxygens (including phenoxy) is 1. The van der Waals surface area contributed by atoms with Gasteiger partial charge in [0, 0.05) is 18.1 Å². The molecule has 94 valence electrons. The van der Waals surface area contributed by atoms with E-state index in [1.54, 1.807) is 6.07 Å². The van der Waals surface area contributed by atoms with Crippen molar-refractivity contribution in [2.45, 2.75) is 12.8 Å². The highest BCUT2D eigenvalue weighted by molar-refractivity contribution is 5.90. The molecule has 0 fully saturated rings. The van der Waals surface area contributed by atoms with Gasteiger partial charge in [-0.2, -0.15) is 5.10 Å². The van der Waals surface area contributed by atoms with Crippen molar-refractivity contribution in [1.29, 1.82) is 0 Å². The van der Waals surface area contributed by atoms with Crippen LogP contribution in [-0.4, -0.2) is 16.8 Å². The van der Waals surface area contributed by atoms with E-state index in [1.807, 2.05) is 0 Å². The summed E-state index contributed by atoms with van der Waals surface area (Å²) in [6.07, 6.45) is 6.48. The molecule has 0 aliphatic heterocycles. The molecule has 3 rings (SSSR count). The fourth-order valence-electron chi connectivity index (χ4n) is 2.23. The number of H-pyrrole nitrogens is 1. The molecule has 0 bridgehead atoms. The Hall–Kier alpha value is -2.04. The van der Waals surface area contributed by atoms with Gasteiger partial charge in [-0.05, 0) is 12.8 Å². The van der Waals surface area contributed by atoms with Crippen molar-refractivity contribution in [3.63, 3.8) is 0 Å². The lowest BCUT2D eigenvalue weighted by atomic mass is 10.1. The number of nitrogens with zero attached hydrogens (tertiary/aromatic N) is 1. The number of hydrogen-bond donors (Lipinski definition) is 2. The van der Waals surface area contributed by atoms with E-state index in [0.717, 1.165) is 12.8 Å². The van der Waals surface area contributed by atoms with Crippen LogP contribution in [-0.2, 0) is 0 Å². The number of allylic oxidation sites excluding steroid dienone is 1. The standard InChI is InChI=1S/C13H14FN3O/c14-10-5-9(18-7-8-3-1-2-4-8)6-11-12(10)13(15)17-16-11/h1,3,5-6,8H,2,4,7H2,(H3,15,16,17). The molecule has 0 saturated heterocycles. The number of benzene rings is 1. The van der Waals surface area contributed by atoms with Crippen molar-refractivity contribution < 1.29 is 9.13 Å². The Bertz CT molecular complexity index is 606.